The van der Waals surface area contributed by atoms with Crippen molar-refractivity contribution >= 4 is 30.0 Å². The summed E-state index contributed by atoms with van der Waals surface area (Å²) in [7, 11) is 1.44. The van der Waals surface area contributed by atoms with Crippen LogP contribution in [0, 0.1) is 0 Å². The molecule has 0 aliphatic carbocycles. The van der Waals surface area contributed by atoms with Gasteiger partial charge in [0.25, 0.3) is 11.8 Å². The van der Waals surface area contributed by atoms with Crippen LogP contribution in [0.4, 0.5) is 19.3 Å². The molecular weight excluding hydrogens is 346 g/mol. The van der Waals surface area contributed by atoms with E-state index in [0.717, 1.165) is 0 Å². The smallest absolute Gasteiger partial charge is 0.322 e. The number of amides is 3. The van der Waals surface area contributed by atoms with Crippen molar-refractivity contribution in [3.63, 3.8) is 0 Å². The molecule has 1 aromatic rings. The Bertz CT molecular complexity index is 616. The molecular formula is C14H19ClF2N4O3. The number of alkyl halides is 2. The third-order valence-electron chi connectivity index (χ3n) is 3.39. The lowest BCUT2D eigenvalue weighted by Gasteiger charge is -2.19. The Morgan fingerprint density at radius 1 is 1.50 bits per heavy atom. The van der Waals surface area contributed by atoms with Crippen molar-refractivity contribution in [2.45, 2.75) is 5.92 Å². The standard InChI is InChI=1S/C14H18F2N4O3.ClH/c1-23-11-3-2-9(12(21)19-8-14(15,16)7-17)6-10(11)20-5-4-18-13(20)22;/h2-3,6H,4-5,7-8,17H2,1H3,(H,18,22)(H,19,21);1H. The lowest BCUT2D eigenvalue weighted by Crippen LogP contribution is -2.41. The van der Waals surface area contributed by atoms with E-state index < -0.39 is 24.9 Å². The Balaban J connectivity index is 0.00000288. The second kappa shape index (κ2) is 8.11. The predicted octanol–water partition coefficient (Wildman–Crippen LogP) is 0.970. The number of benzene rings is 1. The Morgan fingerprint density at radius 3 is 2.75 bits per heavy atom. The molecule has 4 N–H and O–H groups in total. The molecule has 0 unspecified atom stereocenters. The highest BCUT2D eigenvalue weighted by molar-refractivity contribution is 5.99. The minimum absolute atomic E-state index is 0. The number of nitrogens with one attached hydrogen (secondary N) is 2. The average Bonchev–Trinajstić information content (AvgIpc) is 2.98. The number of carbonyl (C=O) groups is 2. The molecule has 1 aromatic carbocycles. The molecule has 0 spiro atoms. The SMILES string of the molecule is COc1ccc(C(=O)NCC(F)(F)CN)cc1N1CCNC1=O.Cl. The molecule has 1 fully saturated rings. The van der Waals surface area contributed by atoms with Crippen molar-refractivity contribution in [3.05, 3.63) is 23.8 Å². The minimum Gasteiger partial charge on any atom is -0.495 e. The number of nitrogens with two attached hydrogens (primary N) is 1. The van der Waals surface area contributed by atoms with Crippen LogP contribution in [0.2, 0.25) is 0 Å². The largest absolute Gasteiger partial charge is 0.495 e. The van der Waals surface area contributed by atoms with Crippen LogP contribution in [0.1, 0.15) is 10.4 Å². The zero-order valence-corrected chi connectivity index (χ0v) is 13.8. The molecule has 1 aliphatic rings. The first-order valence-corrected chi connectivity index (χ1v) is 6.97. The van der Waals surface area contributed by atoms with Gasteiger partial charge in [-0.3, -0.25) is 9.69 Å². The minimum atomic E-state index is -3.17. The van der Waals surface area contributed by atoms with Crippen LogP contribution in [0.15, 0.2) is 18.2 Å². The molecule has 1 heterocycles. The van der Waals surface area contributed by atoms with Crippen LogP contribution in [0.5, 0.6) is 5.75 Å². The molecule has 0 radical (unpaired) electrons. The van der Waals surface area contributed by atoms with E-state index in [9.17, 15) is 18.4 Å². The quantitative estimate of drug-likeness (QED) is 0.700. The Morgan fingerprint density at radius 2 is 2.21 bits per heavy atom. The fourth-order valence-corrected chi connectivity index (χ4v) is 2.13. The van der Waals surface area contributed by atoms with Crippen LogP contribution in [-0.4, -0.2) is 51.1 Å². The summed E-state index contributed by atoms with van der Waals surface area (Å²) in [6, 6.07) is 4.07. The number of halogens is 3. The first kappa shape index (κ1) is 19.9. The highest BCUT2D eigenvalue weighted by Crippen LogP contribution is 2.30. The van der Waals surface area contributed by atoms with Gasteiger partial charge in [0.1, 0.15) is 5.75 Å². The Labute approximate surface area is 143 Å². The lowest BCUT2D eigenvalue weighted by molar-refractivity contribution is 0.0118. The van der Waals surface area contributed by atoms with Gasteiger partial charge in [-0.2, -0.15) is 0 Å². The molecule has 0 atom stereocenters. The van der Waals surface area contributed by atoms with Gasteiger partial charge in [-0.25, -0.2) is 13.6 Å². The van der Waals surface area contributed by atoms with Gasteiger partial charge in [0.2, 0.25) is 0 Å². The van der Waals surface area contributed by atoms with Gasteiger partial charge >= 0.3 is 6.03 Å². The van der Waals surface area contributed by atoms with E-state index in [-0.39, 0.29) is 24.0 Å². The number of anilines is 1. The highest BCUT2D eigenvalue weighted by Gasteiger charge is 2.28. The van der Waals surface area contributed by atoms with E-state index in [1.54, 1.807) is 0 Å². The first-order chi connectivity index (χ1) is 10.9. The third kappa shape index (κ3) is 4.45. The predicted molar refractivity (Wildman–Crippen MR) is 87.3 cm³/mol. The number of urea groups is 1. The number of rotatable bonds is 6. The number of methoxy groups -OCH3 is 1. The van der Waals surface area contributed by atoms with Gasteiger partial charge in [-0.15, -0.1) is 12.4 Å². The Kier molecular flexibility index (Phi) is 6.73. The monoisotopic (exact) mass is 364 g/mol. The van der Waals surface area contributed by atoms with Crippen LogP contribution < -0.4 is 26.0 Å². The van der Waals surface area contributed by atoms with E-state index in [2.05, 4.69) is 10.6 Å². The summed E-state index contributed by atoms with van der Waals surface area (Å²) in [4.78, 5) is 25.2. The number of ether oxygens (including phenoxy) is 1. The molecule has 0 saturated carbocycles. The molecule has 0 aromatic heterocycles. The molecule has 2 rings (SSSR count). The second-order valence-corrected chi connectivity index (χ2v) is 5.01. The molecule has 1 aliphatic heterocycles. The van der Waals surface area contributed by atoms with Crippen molar-refractivity contribution in [2.75, 3.05) is 38.2 Å². The molecule has 1 saturated heterocycles. The van der Waals surface area contributed by atoms with Gasteiger partial charge in [0, 0.05) is 18.7 Å². The zero-order chi connectivity index (χ0) is 17.0. The summed E-state index contributed by atoms with van der Waals surface area (Å²) in [6.07, 6.45) is 0. The third-order valence-corrected chi connectivity index (χ3v) is 3.39. The second-order valence-electron chi connectivity index (χ2n) is 5.01. The van der Waals surface area contributed by atoms with Gasteiger partial charge in [0.05, 0.1) is 25.9 Å². The summed E-state index contributed by atoms with van der Waals surface area (Å²) in [5.41, 5.74) is 5.47. The van der Waals surface area contributed by atoms with Crippen LogP contribution in [0.25, 0.3) is 0 Å². The first-order valence-electron chi connectivity index (χ1n) is 6.97. The topological polar surface area (TPSA) is 96.7 Å². The summed E-state index contributed by atoms with van der Waals surface area (Å²) < 4.78 is 31.4. The van der Waals surface area contributed by atoms with Crippen LogP contribution in [-0.2, 0) is 0 Å². The zero-order valence-electron chi connectivity index (χ0n) is 13.0. The molecule has 0 bridgehead atoms. The fraction of sp³-hybridized carbons (Fsp3) is 0.429. The summed E-state index contributed by atoms with van der Waals surface area (Å²) in [5.74, 6) is -3.44. The van der Waals surface area contributed by atoms with Crippen molar-refractivity contribution in [2.24, 2.45) is 5.73 Å². The van der Waals surface area contributed by atoms with Gasteiger partial charge < -0.3 is 21.1 Å². The highest BCUT2D eigenvalue weighted by atomic mass is 35.5. The van der Waals surface area contributed by atoms with Crippen molar-refractivity contribution in [1.29, 1.82) is 0 Å². The van der Waals surface area contributed by atoms with E-state index in [1.807, 2.05) is 0 Å². The maximum absolute atomic E-state index is 13.1. The number of carbonyl (C=O) groups excluding carboxylic acids is 2. The van der Waals surface area contributed by atoms with Crippen LogP contribution in [0.3, 0.4) is 0 Å². The fourth-order valence-electron chi connectivity index (χ4n) is 2.13. The van der Waals surface area contributed by atoms with E-state index in [0.29, 0.717) is 24.5 Å². The maximum Gasteiger partial charge on any atom is 0.322 e. The maximum atomic E-state index is 13.1. The summed E-state index contributed by atoms with van der Waals surface area (Å²) in [5, 5.41) is 4.77. The number of hydrogen-bond donors (Lipinski definition) is 3. The normalized spacial score (nSPS) is 14.0. The van der Waals surface area contributed by atoms with E-state index >= 15 is 0 Å². The van der Waals surface area contributed by atoms with Gasteiger partial charge in [-0.1, -0.05) is 0 Å². The van der Waals surface area contributed by atoms with Crippen molar-refractivity contribution in [3.8, 4) is 5.75 Å². The average molecular weight is 365 g/mol. The Hall–Kier alpha value is -2.13. The van der Waals surface area contributed by atoms with Crippen molar-refractivity contribution in [1.82, 2.24) is 10.6 Å². The molecule has 7 nitrogen and oxygen atoms in total. The summed E-state index contributed by atoms with van der Waals surface area (Å²) in [6.45, 7) is -0.810. The van der Waals surface area contributed by atoms with Gasteiger partial charge in [0.15, 0.2) is 0 Å². The van der Waals surface area contributed by atoms with E-state index in [4.69, 9.17) is 10.5 Å². The molecule has 3 amide bonds. The van der Waals surface area contributed by atoms with E-state index in [1.165, 1.54) is 30.2 Å². The lowest BCUT2D eigenvalue weighted by atomic mass is 10.1. The molecule has 10 heteroatoms. The van der Waals surface area contributed by atoms with Gasteiger partial charge in [-0.05, 0) is 18.2 Å². The molecule has 24 heavy (non-hydrogen) atoms. The molecule has 134 valence electrons. The number of nitrogens with zero attached hydrogens (tertiary/aromatic N) is 1. The van der Waals surface area contributed by atoms with Crippen molar-refractivity contribution < 1.29 is 23.1 Å². The van der Waals surface area contributed by atoms with Crippen LogP contribution >= 0.6 is 12.4 Å². The number of hydrogen-bond acceptors (Lipinski definition) is 4. The summed E-state index contributed by atoms with van der Waals surface area (Å²) >= 11 is 0.